The quantitative estimate of drug-likeness (QED) is 0.0409. The predicted octanol–water partition coefficient (Wildman–Crippen LogP) is 19.6. The van der Waals surface area contributed by atoms with E-state index in [1.54, 1.807) is 0 Å². The molecule has 0 aromatic heterocycles. The molecule has 0 aromatic rings. The van der Waals surface area contributed by atoms with Gasteiger partial charge in [-0.2, -0.15) is 0 Å². The van der Waals surface area contributed by atoms with Crippen LogP contribution in [0.15, 0.2) is 0 Å². The van der Waals surface area contributed by atoms with Crippen molar-refractivity contribution in [2.45, 2.75) is 293 Å². The van der Waals surface area contributed by atoms with E-state index in [1.165, 1.54) is 150 Å². The van der Waals surface area contributed by atoms with Gasteiger partial charge in [-0.1, -0.05) is 113 Å². The van der Waals surface area contributed by atoms with Gasteiger partial charge in [-0.3, -0.25) is 0 Å². The average Bonchev–Trinajstić information content (AvgIpc) is 3.30. The van der Waals surface area contributed by atoms with Crippen LogP contribution in [0, 0.1) is 17.8 Å². The van der Waals surface area contributed by atoms with Crippen LogP contribution in [0.4, 0.5) is 0 Å². The number of hydrogen-bond donors (Lipinski definition) is 1. The van der Waals surface area contributed by atoms with Crippen molar-refractivity contribution in [3.05, 3.63) is 0 Å². The molecule has 0 aliphatic carbocycles. The van der Waals surface area contributed by atoms with Crippen molar-refractivity contribution in [3.63, 3.8) is 0 Å². The van der Waals surface area contributed by atoms with Crippen LogP contribution in [-0.4, -0.2) is 133 Å². The molecule has 434 valence electrons. The molecule has 5 nitrogen and oxygen atoms in total. The minimum atomic E-state index is -1.78. The first-order valence-electron chi connectivity index (χ1n) is 28.9. The van der Waals surface area contributed by atoms with Crippen LogP contribution in [-0.2, 0) is 57.8 Å². The summed E-state index contributed by atoms with van der Waals surface area (Å²) < 4.78 is 23.2. The molecule has 0 radical (unpaired) electrons. The fraction of sp³-hybridized carbons (Fsp3) is 1.00. The van der Waals surface area contributed by atoms with Crippen LogP contribution in [0.3, 0.4) is 0 Å². The summed E-state index contributed by atoms with van der Waals surface area (Å²) in [7, 11) is -4.82. The van der Waals surface area contributed by atoms with Crippen molar-refractivity contribution in [1.29, 1.82) is 0 Å². The zero-order valence-corrected chi connectivity index (χ0v) is 67.6. The summed E-state index contributed by atoms with van der Waals surface area (Å²) in [4.78, 5) is 9.71. The Labute approximate surface area is 519 Å². The van der Waals surface area contributed by atoms with E-state index in [1.807, 2.05) is 26.9 Å². The summed E-state index contributed by atoms with van der Waals surface area (Å²) in [5, 5.41) is 0.713. The first-order valence-corrected chi connectivity index (χ1v) is 57.8. The molecule has 19 heteroatoms. The second kappa shape index (κ2) is 63.2. The van der Waals surface area contributed by atoms with Gasteiger partial charge in [0, 0.05) is 83.2 Å². The van der Waals surface area contributed by atoms with Gasteiger partial charge < -0.3 is 22.5 Å². The van der Waals surface area contributed by atoms with E-state index >= 15 is 0 Å². The summed E-state index contributed by atoms with van der Waals surface area (Å²) in [6.07, 6.45) is 17.7. The molecule has 0 heterocycles. The summed E-state index contributed by atoms with van der Waals surface area (Å²) in [5.41, 5.74) is 0.831. The van der Waals surface area contributed by atoms with Crippen LogP contribution < -0.4 is 0 Å². The number of hydrogen-bond acceptors (Lipinski definition) is 7. The Morgan fingerprint density at radius 3 is 1.07 bits per heavy atom. The van der Waals surface area contributed by atoms with E-state index in [-0.39, 0.29) is 0 Å². The molecule has 0 bridgehead atoms. The van der Waals surface area contributed by atoms with E-state index in [2.05, 4.69) is 158 Å². The molecule has 0 aliphatic heterocycles. The van der Waals surface area contributed by atoms with E-state index in [0.717, 1.165) is 80.9 Å². The Hall–Kier alpha value is 4.63. The number of halogens is 3. The topological polar surface area (TPSA) is 57.2 Å². The van der Waals surface area contributed by atoms with E-state index in [9.17, 15) is 4.80 Å². The number of alkyl halides is 3. The molecule has 6 unspecified atom stereocenters. The zero-order chi connectivity index (χ0) is 58.5. The summed E-state index contributed by atoms with van der Waals surface area (Å²) in [6, 6.07) is 4.86. The molecule has 72 heavy (non-hydrogen) atoms. The SMILES string of the molecule is CCC(C)Cl.CCC(C)Cl.CCO[Si](C)(C)C(CC)CC(C)CC.CCO[Si](C)(C)CCC(C)CC(C)CC.CCO[Si](C)(C)CCCCCCC[Si](C)(C)O.CCO[Si](C)(C)CCCCl.S=S=S=S.[Na][Na]. The van der Waals surface area contributed by atoms with Crippen molar-refractivity contribution in [2.75, 3.05) is 32.3 Å². The maximum atomic E-state index is 9.71. The van der Waals surface area contributed by atoms with Crippen LogP contribution in [0.25, 0.3) is 0 Å². The van der Waals surface area contributed by atoms with Crippen molar-refractivity contribution < 1.29 is 22.5 Å². The number of unbranched alkanes of at least 4 members (excludes halogenated alkanes) is 4. The standard InChI is InChI=1S/C13H32O2Si2.C13H30OSi.C12H28OSi.C7H17ClOSi.2C4H9Cl.2Na.S4/c1-6-15-17(4,5)13-11-9-7-8-10-12-16(2,3)14;1-7-12(3)11-13(4)9-10-15(5,6)14-8-2;1-7-11(4)10-12(8-2)14(5,6)13-9-3;1-4-9-10(2,3)7-5-6-8;2*1-3-4(2)5;;;1-3-4-2/h14H,6-13H2,1-5H3;12-13H,7-11H2,1-6H3;11-12H,7-10H2,1-6H3;4-7H2,1-3H3;2*4H,3H2,1-2H3;;;. The van der Waals surface area contributed by atoms with Gasteiger partial charge in [0.15, 0.2) is 41.6 Å². The maximum absolute atomic E-state index is 9.71. The Bertz CT molecular complexity index is 1140. The van der Waals surface area contributed by atoms with Crippen molar-refractivity contribution in [3.8, 4) is 0 Å². The normalized spacial score (nSPS) is 13.9. The fourth-order valence-electron chi connectivity index (χ4n) is 7.17. The molecule has 6 atom stereocenters. The second-order valence-electron chi connectivity index (χ2n) is 22.2. The molecule has 0 spiro atoms. The van der Waals surface area contributed by atoms with Crippen LogP contribution in [0.5, 0.6) is 0 Å². The summed E-state index contributed by atoms with van der Waals surface area (Å²) in [6.45, 7) is 56.6. The third-order valence-electron chi connectivity index (χ3n) is 12.4. The summed E-state index contributed by atoms with van der Waals surface area (Å²) in [5.74, 6) is 3.37. The Morgan fingerprint density at radius 1 is 0.458 bits per heavy atom. The van der Waals surface area contributed by atoms with Crippen molar-refractivity contribution in [2.24, 2.45) is 17.8 Å². The zero-order valence-electron chi connectivity index (χ0n) is 53.1. The van der Waals surface area contributed by atoms with Crippen LogP contribution in [0.1, 0.15) is 187 Å². The van der Waals surface area contributed by atoms with Gasteiger partial charge in [-0.25, -0.2) is 0 Å². The Kier molecular flexibility index (Phi) is 81.7. The third-order valence-corrected chi connectivity index (χ3v) is 28.5. The van der Waals surface area contributed by atoms with Gasteiger partial charge in [0.05, 0.1) is 0 Å². The van der Waals surface area contributed by atoms with Crippen molar-refractivity contribution in [1.82, 2.24) is 0 Å². The third kappa shape index (κ3) is 85.9. The van der Waals surface area contributed by atoms with Gasteiger partial charge in [0.1, 0.15) is 0 Å². The molecule has 0 aromatic carbocycles. The van der Waals surface area contributed by atoms with Gasteiger partial charge in [-0.05, 0) is 187 Å². The minimum absolute atomic E-state index is 0.356. The molecule has 0 rings (SSSR count). The van der Waals surface area contributed by atoms with Crippen LogP contribution in [0.2, 0.25) is 95.2 Å². The molecule has 0 saturated carbocycles. The molecular formula is C53H125Cl3Na2O5S4Si5. The monoisotopic (exact) mass is 1260 g/mol. The molecule has 0 aliphatic rings. The van der Waals surface area contributed by atoms with Crippen LogP contribution >= 0.6 is 34.8 Å². The van der Waals surface area contributed by atoms with Gasteiger partial charge >= 0.3 is 43.6 Å². The predicted molar refractivity (Wildman–Crippen MR) is 362 cm³/mol. The summed E-state index contributed by atoms with van der Waals surface area (Å²) >= 11 is 28.0. The molecular weight excluding hydrogens is 1140 g/mol. The van der Waals surface area contributed by atoms with E-state index < -0.39 is 41.6 Å². The van der Waals surface area contributed by atoms with Crippen molar-refractivity contribution >= 4 is 160 Å². The first-order chi connectivity index (χ1) is 33.2. The Balaban J connectivity index is -0.000000116. The van der Waals surface area contributed by atoms with E-state index in [0.29, 0.717) is 10.8 Å². The second-order valence-corrected chi connectivity index (χ2v) is 49.0. The number of rotatable bonds is 32. The molecule has 0 amide bonds. The van der Waals surface area contributed by atoms with Gasteiger partial charge in [0.25, 0.3) is 0 Å². The fourth-order valence-corrected chi connectivity index (χ4v) is 17.7. The van der Waals surface area contributed by atoms with Gasteiger partial charge in [-0.15, -0.1) is 34.8 Å². The Morgan fingerprint density at radius 2 is 0.778 bits per heavy atom. The molecule has 0 fully saturated rings. The molecule has 0 saturated heterocycles. The van der Waals surface area contributed by atoms with Gasteiger partial charge in [0.2, 0.25) is 0 Å². The average molecular weight is 1260 g/mol. The van der Waals surface area contributed by atoms with E-state index in [4.69, 9.17) is 52.5 Å². The molecule has 1 N–H and O–H groups in total. The first kappa shape index (κ1) is 93.1.